The molecule has 100 valence electrons. The molecule has 0 aromatic carbocycles. The van der Waals surface area contributed by atoms with Crippen LogP contribution in [0.25, 0.3) is 0 Å². The lowest BCUT2D eigenvalue weighted by atomic mass is 10.2. The highest BCUT2D eigenvalue weighted by atomic mass is 19.5. The summed E-state index contributed by atoms with van der Waals surface area (Å²) in [7, 11) is -3.94. The van der Waals surface area contributed by atoms with Gasteiger partial charge >= 0.3 is 8.68 Å². The average molecular weight is 255 g/mol. The maximum absolute atomic E-state index is 9.75. The van der Waals surface area contributed by atoms with E-state index < -0.39 is 7.25 Å². The monoisotopic (exact) mass is 255 g/mol. The predicted molar refractivity (Wildman–Crippen MR) is 61.0 cm³/mol. The second-order valence-electron chi connectivity index (χ2n) is 3.87. The summed E-state index contributed by atoms with van der Waals surface area (Å²) < 4.78 is 43.3. The highest BCUT2D eigenvalue weighted by Gasteiger charge is 2.20. The highest BCUT2D eigenvalue weighted by molar-refractivity contribution is 6.50. The number of unbranched alkanes of at least 4 members (excludes halogenated alkanes) is 3. The Balaban J connectivity index is 0. The number of nitrogens with zero attached hydrogens (tertiary/aromatic N) is 2. The zero-order valence-electron chi connectivity index (χ0n) is 11.3. The van der Waals surface area contributed by atoms with Crippen molar-refractivity contribution in [1.29, 1.82) is 0 Å². The highest BCUT2D eigenvalue weighted by Crippen LogP contribution is 2.06. The first-order valence-electron chi connectivity index (χ1n) is 5.71. The number of hydrogen-bond donors (Lipinski definition) is 0. The number of hydrogen-bond acceptors (Lipinski definition) is 0. The molecule has 1 aromatic rings. The number of imidazole rings is 1. The summed E-state index contributed by atoms with van der Waals surface area (Å²) >= 11 is 0. The summed E-state index contributed by atoms with van der Waals surface area (Å²) in [4.78, 5) is 0. The molecule has 0 atom stereocenters. The van der Waals surface area contributed by atoms with Crippen LogP contribution >= 0.6 is 0 Å². The molecule has 0 saturated carbocycles. The van der Waals surface area contributed by atoms with Crippen LogP contribution in [0.5, 0.6) is 0 Å². The van der Waals surface area contributed by atoms with Gasteiger partial charge in [0.05, 0.1) is 13.6 Å². The molecule has 0 amide bonds. The van der Waals surface area contributed by atoms with Gasteiger partial charge in [-0.1, -0.05) is 19.8 Å². The van der Waals surface area contributed by atoms with Gasteiger partial charge in [0.1, 0.15) is 12.4 Å². The molecular formula is C10H20BF4N2+. The third kappa shape index (κ3) is 12.9. The zero-order valence-corrected chi connectivity index (χ0v) is 10.3. The van der Waals surface area contributed by atoms with Gasteiger partial charge in [-0.3, -0.25) is 0 Å². The minimum atomic E-state index is -6.00. The first-order valence-corrected chi connectivity index (χ1v) is 5.71. The summed E-state index contributed by atoms with van der Waals surface area (Å²) in [6, 6.07) is 0. The van der Waals surface area contributed by atoms with E-state index in [1.54, 1.807) is 0 Å². The Labute approximate surface area is 101 Å². The molecule has 0 aliphatic carbocycles. The third-order valence-corrected chi connectivity index (χ3v) is 2.09. The molecule has 17 heavy (non-hydrogen) atoms. The Kier molecular flexibility index (Phi) is 7.66. The molecule has 0 N–H and O–H groups in total. The lowest BCUT2D eigenvalue weighted by Gasteiger charge is -1.95. The van der Waals surface area contributed by atoms with Crippen LogP contribution in [0.1, 0.15) is 34.0 Å². The maximum atomic E-state index is 9.75. The van der Waals surface area contributed by atoms with Gasteiger partial charge in [0.25, 0.3) is 0 Å². The van der Waals surface area contributed by atoms with Crippen molar-refractivity contribution in [2.24, 2.45) is 7.05 Å². The normalized spacial score (nSPS) is 10.9. The standard InChI is InChI=1S/C10H19N2.BF4/c1-3-4-5-6-7-12-9-8-11(2)10-12;2-1(3,4)5/h8-10H,3-7H2,1-2H3;/q+1;-1/p+1. The number of aromatic nitrogens is 2. The van der Waals surface area contributed by atoms with Gasteiger partial charge in [-0.15, -0.1) is 0 Å². The lowest BCUT2D eigenvalue weighted by molar-refractivity contribution is -0.671. The van der Waals surface area contributed by atoms with Crippen molar-refractivity contribution in [3.05, 3.63) is 18.7 Å². The largest absolute Gasteiger partial charge is 1.00 e. The molecule has 0 unspecified atom stereocenters. The lowest BCUT2D eigenvalue weighted by Crippen LogP contribution is -2.23. The second-order valence-corrected chi connectivity index (χ2v) is 3.87. The maximum Gasteiger partial charge on any atom is 1.00 e. The third-order valence-electron chi connectivity index (χ3n) is 2.09. The van der Waals surface area contributed by atoms with Crippen molar-refractivity contribution in [3.8, 4) is 0 Å². The molecule has 0 radical (unpaired) electrons. The minimum Gasteiger partial charge on any atom is -0.418 e. The Morgan fingerprint density at radius 3 is 2.18 bits per heavy atom. The minimum absolute atomic E-state index is 0. The van der Waals surface area contributed by atoms with E-state index in [1.165, 1.54) is 32.2 Å². The van der Waals surface area contributed by atoms with Gasteiger partial charge in [0.15, 0.2) is 0 Å². The fourth-order valence-electron chi connectivity index (χ4n) is 1.36. The summed E-state index contributed by atoms with van der Waals surface area (Å²) in [5.74, 6) is 0. The van der Waals surface area contributed by atoms with E-state index in [9.17, 15) is 17.3 Å². The van der Waals surface area contributed by atoms with Crippen LogP contribution in [-0.4, -0.2) is 11.8 Å². The van der Waals surface area contributed by atoms with Crippen LogP contribution in [0.4, 0.5) is 17.3 Å². The van der Waals surface area contributed by atoms with Gasteiger partial charge in [-0.25, -0.2) is 9.13 Å². The van der Waals surface area contributed by atoms with Crippen molar-refractivity contribution in [3.63, 3.8) is 0 Å². The van der Waals surface area contributed by atoms with E-state index in [1.807, 2.05) is 0 Å². The zero-order chi connectivity index (χ0) is 13.3. The first kappa shape index (κ1) is 16.0. The second kappa shape index (κ2) is 8.14. The molecule has 0 saturated heterocycles. The van der Waals surface area contributed by atoms with Gasteiger partial charge < -0.3 is 17.3 Å². The Bertz CT molecular complexity index is 298. The molecule has 0 spiro atoms. The molecule has 2 nitrogen and oxygen atoms in total. The van der Waals surface area contributed by atoms with Crippen molar-refractivity contribution in [1.82, 2.24) is 4.57 Å². The SMILES string of the molecule is CCCCCCn1cc[n+](C)c1.F[B-](F)(F)F.[H+]. The molecule has 0 bridgehead atoms. The van der Waals surface area contributed by atoms with Crippen LogP contribution in [0.2, 0.25) is 0 Å². The fourth-order valence-corrected chi connectivity index (χ4v) is 1.36. The number of aryl methyl sites for hydroxylation is 2. The first-order chi connectivity index (χ1) is 7.83. The summed E-state index contributed by atoms with van der Waals surface area (Å²) in [5.41, 5.74) is 0. The van der Waals surface area contributed by atoms with Gasteiger partial charge in [0, 0.05) is 0 Å². The van der Waals surface area contributed by atoms with E-state index in [-0.39, 0.29) is 1.43 Å². The van der Waals surface area contributed by atoms with Crippen molar-refractivity contribution < 1.29 is 23.3 Å². The topological polar surface area (TPSA) is 8.81 Å². The van der Waals surface area contributed by atoms with E-state index >= 15 is 0 Å². The molecule has 1 rings (SSSR count). The predicted octanol–water partition coefficient (Wildman–Crippen LogP) is 3.31. The van der Waals surface area contributed by atoms with E-state index in [2.05, 4.69) is 41.8 Å². The molecule has 1 heterocycles. The van der Waals surface area contributed by atoms with Crippen LogP contribution in [-0.2, 0) is 13.6 Å². The van der Waals surface area contributed by atoms with Gasteiger partial charge in [-0.2, -0.15) is 0 Å². The van der Waals surface area contributed by atoms with Gasteiger partial charge in [0.2, 0.25) is 6.33 Å². The van der Waals surface area contributed by atoms with Crippen molar-refractivity contribution in [2.75, 3.05) is 0 Å². The quantitative estimate of drug-likeness (QED) is 0.330. The van der Waals surface area contributed by atoms with Crippen LogP contribution in [0, 0.1) is 0 Å². The molecule has 0 aliphatic rings. The Morgan fingerprint density at radius 2 is 1.76 bits per heavy atom. The van der Waals surface area contributed by atoms with Crippen LogP contribution < -0.4 is 4.57 Å². The summed E-state index contributed by atoms with van der Waals surface area (Å²) in [5, 5.41) is 0. The van der Waals surface area contributed by atoms with Crippen molar-refractivity contribution in [2.45, 2.75) is 39.2 Å². The molecule has 0 aliphatic heterocycles. The summed E-state index contributed by atoms with van der Waals surface area (Å²) in [6.07, 6.45) is 11.7. The Morgan fingerprint density at radius 1 is 1.18 bits per heavy atom. The van der Waals surface area contributed by atoms with E-state index in [0.717, 1.165) is 0 Å². The van der Waals surface area contributed by atoms with Crippen LogP contribution in [0.3, 0.4) is 0 Å². The van der Waals surface area contributed by atoms with E-state index in [0.29, 0.717) is 0 Å². The number of halogens is 4. The molecule has 0 fully saturated rings. The average Bonchev–Trinajstić information content (AvgIpc) is 2.56. The summed E-state index contributed by atoms with van der Waals surface area (Å²) in [6.45, 7) is 3.41. The molecule has 7 heteroatoms. The smallest absolute Gasteiger partial charge is 0.418 e. The molecular weight excluding hydrogens is 235 g/mol. The van der Waals surface area contributed by atoms with Crippen LogP contribution in [0.15, 0.2) is 18.7 Å². The Hall–Kier alpha value is -1.01. The molecule has 1 aromatic heterocycles. The number of rotatable bonds is 5. The fraction of sp³-hybridized carbons (Fsp3) is 0.700. The van der Waals surface area contributed by atoms with E-state index in [4.69, 9.17) is 0 Å². The van der Waals surface area contributed by atoms with Crippen molar-refractivity contribution >= 4 is 7.25 Å². The van der Waals surface area contributed by atoms with Gasteiger partial charge in [-0.05, 0) is 12.8 Å².